The molecular formula is C21H19N3O4. The first kappa shape index (κ1) is 17.9. The van der Waals surface area contributed by atoms with Crippen LogP contribution in [0.4, 0.5) is 17.1 Å². The van der Waals surface area contributed by atoms with Gasteiger partial charge in [-0.15, -0.1) is 0 Å². The number of ether oxygens (including phenoxy) is 1. The van der Waals surface area contributed by atoms with Gasteiger partial charge < -0.3 is 14.1 Å². The lowest BCUT2D eigenvalue weighted by molar-refractivity contribution is -0.384. The number of nitro groups is 1. The third-order valence-electron chi connectivity index (χ3n) is 4.54. The van der Waals surface area contributed by atoms with E-state index in [0.29, 0.717) is 17.1 Å². The molecule has 3 aromatic rings. The van der Waals surface area contributed by atoms with Gasteiger partial charge in [-0.05, 0) is 36.4 Å². The van der Waals surface area contributed by atoms with Crippen LogP contribution in [0.1, 0.15) is 5.76 Å². The highest BCUT2D eigenvalue weighted by atomic mass is 16.6. The van der Waals surface area contributed by atoms with Crippen molar-refractivity contribution in [2.45, 2.75) is 0 Å². The molecule has 1 aliphatic heterocycles. The Balaban J connectivity index is 1.45. The van der Waals surface area contributed by atoms with E-state index in [1.807, 2.05) is 12.1 Å². The smallest absolute Gasteiger partial charge is 0.270 e. The van der Waals surface area contributed by atoms with Gasteiger partial charge in [-0.1, -0.05) is 12.1 Å². The Morgan fingerprint density at radius 3 is 2.57 bits per heavy atom. The molecule has 0 radical (unpaired) electrons. The number of benzene rings is 2. The zero-order valence-electron chi connectivity index (χ0n) is 15.2. The number of nitrogens with zero attached hydrogens (tertiary/aromatic N) is 3. The van der Waals surface area contributed by atoms with Gasteiger partial charge in [0.2, 0.25) is 0 Å². The molecule has 0 atom stereocenters. The summed E-state index contributed by atoms with van der Waals surface area (Å²) in [4.78, 5) is 17.2. The van der Waals surface area contributed by atoms with Crippen molar-refractivity contribution in [2.24, 2.45) is 4.99 Å². The van der Waals surface area contributed by atoms with Crippen LogP contribution in [0.2, 0.25) is 0 Å². The Labute approximate surface area is 162 Å². The molecule has 1 saturated heterocycles. The molecule has 0 bridgehead atoms. The van der Waals surface area contributed by atoms with Crippen LogP contribution < -0.4 is 4.90 Å². The molecule has 28 heavy (non-hydrogen) atoms. The van der Waals surface area contributed by atoms with Crippen LogP contribution in [0.5, 0.6) is 0 Å². The van der Waals surface area contributed by atoms with E-state index in [1.54, 1.807) is 30.5 Å². The molecule has 2 aromatic carbocycles. The molecule has 0 unspecified atom stereocenters. The minimum absolute atomic E-state index is 0.0319. The third-order valence-corrected chi connectivity index (χ3v) is 4.54. The van der Waals surface area contributed by atoms with Crippen molar-refractivity contribution < 1.29 is 14.1 Å². The predicted molar refractivity (Wildman–Crippen MR) is 108 cm³/mol. The van der Waals surface area contributed by atoms with Crippen LogP contribution in [0, 0.1) is 10.1 Å². The van der Waals surface area contributed by atoms with Crippen molar-refractivity contribution in [3.63, 3.8) is 0 Å². The fourth-order valence-electron chi connectivity index (χ4n) is 3.06. The van der Waals surface area contributed by atoms with Crippen molar-refractivity contribution in [1.82, 2.24) is 0 Å². The van der Waals surface area contributed by atoms with E-state index in [1.165, 1.54) is 12.1 Å². The Bertz CT molecular complexity index is 989. The maximum Gasteiger partial charge on any atom is 0.270 e. The number of furan rings is 1. The highest BCUT2D eigenvalue weighted by molar-refractivity contribution is 5.80. The first-order chi connectivity index (χ1) is 13.7. The maximum absolute atomic E-state index is 10.9. The maximum atomic E-state index is 10.9. The van der Waals surface area contributed by atoms with Crippen molar-refractivity contribution in [3.8, 4) is 11.3 Å². The topological polar surface area (TPSA) is 81.1 Å². The van der Waals surface area contributed by atoms with Gasteiger partial charge >= 0.3 is 0 Å². The lowest BCUT2D eigenvalue weighted by Crippen LogP contribution is -2.36. The van der Waals surface area contributed by atoms with Crippen molar-refractivity contribution >= 4 is 23.3 Å². The number of rotatable bonds is 5. The second kappa shape index (κ2) is 8.06. The summed E-state index contributed by atoms with van der Waals surface area (Å²) in [6.45, 7) is 3.31. The molecule has 1 aromatic heterocycles. The molecule has 142 valence electrons. The fourth-order valence-corrected chi connectivity index (χ4v) is 3.06. The van der Waals surface area contributed by atoms with E-state index in [2.05, 4.69) is 22.0 Å². The monoisotopic (exact) mass is 377 g/mol. The van der Waals surface area contributed by atoms with Gasteiger partial charge in [0.15, 0.2) is 0 Å². The standard InChI is InChI=1S/C21H19N3O4/c25-24(26)19-3-1-2-16(14-19)21-9-8-20(28-21)15-22-17-4-6-18(7-5-17)23-10-12-27-13-11-23/h1-9,14-15H,10-13H2. The van der Waals surface area contributed by atoms with E-state index in [-0.39, 0.29) is 5.69 Å². The van der Waals surface area contributed by atoms with Crippen LogP contribution in [0.3, 0.4) is 0 Å². The number of hydrogen-bond donors (Lipinski definition) is 0. The Morgan fingerprint density at radius 1 is 1.04 bits per heavy atom. The summed E-state index contributed by atoms with van der Waals surface area (Å²) in [5.74, 6) is 1.14. The van der Waals surface area contributed by atoms with Crippen LogP contribution in [0.25, 0.3) is 11.3 Å². The van der Waals surface area contributed by atoms with Crippen LogP contribution >= 0.6 is 0 Å². The first-order valence-corrected chi connectivity index (χ1v) is 9.00. The number of anilines is 1. The van der Waals surface area contributed by atoms with Gasteiger partial charge in [0.25, 0.3) is 5.69 Å². The SMILES string of the molecule is O=[N+]([O-])c1cccc(-c2ccc(C=Nc3ccc(N4CCOCC4)cc3)o2)c1. The van der Waals surface area contributed by atoms with Crippen LogP contribution in [-0.2, 0) is 4.74 Å². The quantitative estimate of drug-likeness (QED) is 0.373. The third kappa shape index (κ3) is 4.10. The fraction of sp³-hybridized carbons (Fsp3) is 0.190. The summed E-state index contributed by atoms with van der Waals surface area (Å²) in [7, 11) is 0. The number of nitro benzene ring substituents is 1. The molecule has 0 saturated carbocycles. The molecule has 0 N–H and O–H groups in total. The van der Waals surface area contributed by atoms with Gasteiger partial charge in [0.05, 0.1) is 30.0 Å². The molecular weight excluding hydrogens is 358 g/mol. The van der Waals surface area contributed by atoms with Gasteiger partial charge in [-0.3, -0.25) is 15.1 Å². The lowest BCUT2D eigenvalue weighted by Gasteiger charge is -2.28. The van der Waals surface area contributed by atoms with E-state index >= 15 is 0 Å². The number of non-ortho nitro benzene ring substituents is 1. The largest absolute Gasteiger partial charge is 0.455 e. The van der Waals surface area contributed by atoms with Crippen molar-refractivity contribution in [3.05, 3.63) is 76.5 Å². The Hall–Kier alpha value is -3.45. The summed E-state index contributed by atoms with van der Waals surface area (Å²) in [6, 6.07) is 18.0. The second-order valence-electron chi connectivity index (χ2n) is 6.38. The van der Waals surface area contributed by atoms with Gasteiger partial charge in [-0.2, -0.15) is 0 Å². The molecule has 7 nitrogen and oxygen atoms in total. The van der Waals surface area contributed by atoms with Crippen molar-refractivity contribution in [1.29, 1.82) is 0 Å². The first-order valence-electron chi connectivity index (χ1n) is 9.00. The van der Waals surface area contributed by atoms with E-state index in [0.717, 1.165) is 37.7 Å². The van der Waals surface area contributed by atoms with E-state index in [4.69, 9.17) is 9.15 Å². The highest BCUT2D eigenvalue weighted by Gasteiger charge is 2.11. The molecule has 0 amide bonds. The normalized spacial score (nSPS) is 14.5. The molecule has 1 aliphatic rings. The number of aliphatic imine (C=N–C) groups is 1. The second-order valence-corrected chi connectivity index (χ2v) is 6.38. The Morgan fingerprint density at radius 2 is 1.82 bits per heavy atom. The molecule has 7 heteroatoms. The van der Waals surface area contributed by atoms with E-state index in [9.17, 15) is 10.1 Å². The van der Waals surface area contributed by atoms with Crippen LogP contribution in [-0.4, -0.2) is 37.4 Å². The minimum atomic E-state index is -0.421. The lowest BCUT2D eigenvalue weighted by atomic mass is 10.1. The summed E-state index contributed by atoms with van der Waals surface area (Å²) in [6.07, 6.45) is 1.64. The zero-order chi connectivity index (χ0) is 19.3. The van der Waals surface area contributed by atoms with Gasteiger partial charge in [-0.25, -0.2) is 0 Å². The molecule has 0 spiro atoms. The number of hydrogen-bond acceptors (Lipinski definition) is 6. The number of morpholine rings is 1. The molecule has 1 fully saturated rings. The molecule has 4 rings (SSSR count). The van der Waals surface area contributed by atoms with Crippen LogP contribution in [0.15, 0.2) is 70.1 Å². The molecule has 0 aliphatic carbocycles. The average Bonchev–Trinajstić information content (AvgIpc) is 3.22. The predicted octanol–water partition coefficient (Wildman–Crippen LogP) is 4.44. The van der Waals surface area contributed by atoms with Crippen molar-refractivity contribution in [2.75, 3.05) is 31.2 Å². The van der Waals surface area contributed by atoms with E-state index < -0.39 is 4.92 Å². The van der Waals surface area contributed by atoms with Gasteiger partial charge in [0.1, 0.15) is 11.5 Å². The minimum Gasteiger partial charge on any atom is -0.455 e. The summed E-state index contributed by atoms with van der Waals surface area (Å²) in [5, 5.41) is 10.9. The summed E-state index contributed by atoms with van der Waals surface area (Å²) >= 11 is 0. The average molecular weight is 377 g/mol. The Kier molecular flexibility index (Phi) is 5.16. The van der Waals surface area contributed by atoms with Gasteiger partial charge in [0, 0.05) is 36.5 Å². The molecule has 2 heterocycles. The highest BCUT2D eigenvalue weighted by Crippen LogP contribution is 2.26. The summed E-state index contributed by atoms with van der Waals surface area (Å²) < 4.78 is 11.1. The zero-order valence-corrected chi connectivity index (χ0v) is 15.2. The summed E-state index contributed by atoms with van der Waals surface area (Å²) in [5.41, 5.74) is 2.67.